The minimum atomic E-state index is -3.19. The fourth-order valence-corrected chi connectivity index (χ4v) is 3.98. The Morgan fingerprint density at radius 1 is 0.889 bits per heavy atom. The first kappa shape index (κ1) is 17.8. The summed E-state index contributed by atoms with van der Waals surface area (Å²) >= 11 is 6.42. The number of halogens is 1. The van der Waals surface area contributed by atoms with E-state index in [0.717, 1.165) is 39.1 Å². The molecule has 0 saturated carbocycles. The summed E-state index contributed by atoms with van der Waals surface area (Å²) in [6.45, 7) is 1.99. The van der Waals surface area contributed by atoms with Crippen LogP contribution in [0, 0.1) is 6.92 Å². The fourth-order valence-electron chi connectivity index (χ4n) is 3.08. The van der Waals surface area contributed by atoms with Crippen LogP contribution in [0.1, 0.15) is 5.69 Å². The third-order valence-electron chi connectivity index (χ3n) is 4.46. The van der Waals surface area contributed by atoms with Crippen LogP contribution >= 0.6 is 11.6 Å². The molecule has 6 heteroatoms. The zero-order valence-electron chi connectivity index (χ0n) is 14.8. The second-order valence-electron chi connectivity index (χ2n) is 6.58. The van der Waals surface area contributed by atoms with Gasteiger partial charge in [-0.15, -0.1) is 0 Å². The lowest BCUT2D eigenvalue weighted by Crippen LogP contribution is -1.96. The van der Waals surface area contributed by atoms with Crippen molar-refractivity contribution in [2.75, 3.05) is 6.26 Å². The predicted octanol–water partition coefficient (Wildman–Crippen LogP) is 5.26. The molecule has 0 radical (unpaired) electrons. The Kier molecular flexibility index (Phi) is 4.29. The van der Waals surface area contributed by atoms with Crippen LogP contribution in [0.15, 0.2) is 65.6 Å². The number of aromatic amines is 1. The molecule has 1 N–H and O–H groups in total. The van der Waals surface area contributed by atoms with E-state index in [4.69, 9.17) is 11.6 Å². The average molecular weight is 397 g/mol. The van der Waals surface area contributed by atoms with Gasteiger partial charge in [-0.1, -0.05) is 48.0 Å². The van der Waals surface area contributed by atoms with Gasteiger partial charge in [-0.25, -0.2) is 13.4 Å². The lowest BCUT2D eigenvalue weighted by Gasteiger charge is -2.07. The van der Waals surface area contributed by atoms with Gasteiger partial charge in [0.15, 0.2) is 9.84 Å². The van der Waals surface area contributed by atoms with Crippen molar-refractivity contribution >= 4 is 32.5 Å². The normalized spacial score (nSPS) is 11.8. The van der Waals surface area contributed by atoms with Crippen LogP contribution < -0.4 is 0 Å². The van der Waals surface area contributed by atoms with Gasteiger partial charge in [-0.2, -0.15) is 0 Å². The number of H-pyrrole nitrogens is 1. The summed E-state index contributed by atoms with van der Waals surface area (Å²) in [5, 5.41) is 0.592. The number of fused-ring (bicyclic) bond motifs is 1. The highest BCUT2D eigenvalue weighted by atomic mass is 35.5. The topological polar surface area (TPSA) is 62.8 Å². The second-order valence-corrected chi connectivity index (χ2v) is 9.00. The van der Waals surface area contributed by atoms with Gasteiger partial charge >= 0.3 is 0 Å². The lowest BCUT2D eigenvalue weighted by atomic mass is 10.0. The van der Waals surface area contributed by atoms with Gasteiger partial charge in [0, 0.05) is 17.5 Å². The van der Waals surface area contributed by atoms with Crippen molar-refractivity contribution in [1.29, 1.82) is 0 Å². The SMILES string of the molecule is Cc1cc2nc(-c3ccc(-c4ccc(S(C)(=O)=O)cc4)cc3)c(Cl)cc2[nH]1. The van der Waals surface area contributed by atoms with Crippen LogP contribution in [0.25, 0.3) is 33.4 Å². The lowest BCUT2D eigenvalue weighted by molar-refractivity contribution is 0.602. The van der Waals surface area contributed by atoms with E-state index in [1.54, 1.807) is 12.1 Å². The molecule has 2 aromatic heterocycles. The second kappa shape index (κ2) is 6.51. The number of aryl methyl sites for hydroxylation is 1. The van der Waals surface area contributed by atoms with Gasteiger partial charge in [0.1, 0.15) is 0 Å². The van der Waals surface area contributed by atoms with Crippen molar-refractivity contribution < 1.29 is 8.42 Å². The zero-order valence-corrected chi connectivity index (χ0v) is 16.4. The molecule has 136 valence electrons. The van der Waals surface area contributed by atoms with Crippen molar-refractivity contribution in [1.82, 2.24) is 9.97 Å². The first-order valence-electron chi connectivity index (χ1n) is 8.38. The smallest absolute Gasteiger partial charge is 0.175 e. The molecule has 4 rings (SSSR count). The van der Waals surface area contributed by atoms with Gasteiger partial charge in [0.05, 0.1) is 26.6 Å². The standard InChI is InChI=1S/C21H17ClN2O2S/c1-13-11-19-20(23-13)12-18(22)21(24-19)16-5-3-14(4-6-16)15-7-9-17(10-8-15)27(2,25)26/h3-12,23H,1-2H3. The summed E-state index contributed by atoms with van der Waals surface area (Å²) in [7, 11) is -3.19. The van der Waals surface area contributed by atoms with Gasteiger partial charge < -0.3 is 4.98 Å². The first-order chi connectivity index (χ1) is 12.8. The minimum Gasteiger partial charge on any atom is -0.357 e. The van der Waals surface area contributed by atoms with Gasteiger partial charge in [0.2, 0.25) is 0 Å². The molecular weight excluding hydrogens is 380 g/mol. The van der Waals surface area contributed by atoms with Crippen LogP contribution in [0.5, 0.6) is 0 Å². The van der Waals surface area contributed by atoms with E-state index in [2.05, 4.69) is 9.97 Å². The molecular formula is C21H17ClN2O2S. The number of aromatic nitrogens is 2. The van der Waals surface area contributed by atoms with Gasteiger partial charge in [-0.3, -0.25) is 0 Å². The zero-order chi connectivity index (χ0) is 19.2. The molecule has 0 bridgehead atoms. The molecule has 27 heavy (non-hydrogen) atoms. The van der Waals surface area contributed by atoms with Crippen molar-refractivity contribution in [3.63, 3.8) is 0 Å². The third-order valence-corrected chi connectivity index (χ3v) is 5.88. The molecule has 4 aromatic rings. The minimum absolute atomic E-state index is 0.314. The van der Waals surface area contributed by atoms with Crippen molar-refractivity contribution in [2.24, 2.45) is 0 Å². The Labute approximate surface area is 162 Å². The molecule has 0 aliphatic carbocycles. The number of rotatable bonds is 3. The number of sulfone groups is 1. The fraction of sp³-hybridized carbons (Fsp3) is 0.0952. The highest BCUT2D eigenvalue weighted by Gasteiger charge is 2.10. The predicted molar refractivity (Wildman–Crippen MR) is 110 cm³/mol. The van der Waals surface area contributed by atoms with E-state index >= 15 is 0 Å². The molecule has 0 aliphatic heterocycles. The molecule has 0 aliphatic rings. The number of hydrogen-bond donors (Lipinski definition) is 1. The van der Waals surface area contributed by atoms with Crippen LogP contribution in [0.4, 0.5) is 0 Å². The molecule has 0 atom stereocenters. The van der Waals surface area contributed by atoms with Crippen LogP contribution in [0.2, 0.25) is 5.02 Å². The van der Waals surface area contributed by atoms with Gasteiger partial charge in [-0.05, 0) is 42.3 Å². The quantitative estimate of drug-likeness (QED) is 0.513. The molecule has 2 aromatic carbocycles. The van der Waals surface area contributed by atoms with Crippen LogP contribution in [-0.2, 0) is 9.84 Å². The molecule has 2 heterocycles. The summed E-state index contributed by atoms with van der Waals surface area (Å²) in [5.74, 6) is 0. The summed E-state index contributed by atoms with van der Waals surface area (Å²) in [6, 6.07) is 18.7. The third kappa shape index (κ3) is 3.48. The number of benzene rings is 2. The Balaban J connectivity index is 1.69. The van der Waals surface area contributed by atoms with Crippen LogP contribution in [0.3, 0.4) is 0 Å². The summed E-state index contributed by atoms with van der Waals surface area (Å²) in [6.07, 6.45) is 1.20. The maximum Gasteiger partial charge on any atom is 0.175 e. The number of nitrogens with zero attached hydrogens (tertiary/aromatic N) is 1. The Morgan fingerprint density at radius 2 is 1.44 bits per heavy atom. The van der Waals surface area contributed by atoms with E-state index in [0.29, 0.717) is 9.92 Å². The monoisotopic (exact) mass is 396 g/mol. The van der Waals surface area contributed by atoms with Crippen molar-refractivity contribution in [3.8, 4) is 22.4 Å². The molecule has 0 fully saturated rings. The highest BCUT2D eigenvalue weighted by Crippen LogP contribution is 2.31. The molecule has 0 amide bonds. The molecule has 0 saturated heterocycles. The first-order valence-corrected chi connectivity index (χ1v) is 10.6. The maximum atomic E-state index is 11.6. The van der Waals surface area contributed by atoms with E-state index in [-0.39, 0.29) is 0 Å². The van der Waals surface area contributed by atoms with Crippen LogP contribution in [-0.4, -0.2) is 24.6 Å². The molecule has 0 unspecified atom stereocenters. The maximum absolute atomic E-state index is 11.6. The van der Waals surface area contributed by atoms with E-state index in [1.807, 2.05) is 55.5 Å². The molecule has 0 spiro atoms. The Bertz CT molecular complexity index is 1240. The highest BCUT2D eigenvalue weighted by molar-refractivity contribution is 7.90. The number of nitrogens with one attached hydrogen (secondary N) is 1. The largest absolute Gasteiger partial charge is 0.357 e. The Hall–Kier alpha value is -2.63. The number of hydrogen-bond acceptors (Lipinski definition) is 3. The van der Waals surface area contributed by atoms with Crippen molar-refractivity contribution in [2.45, 2.75) is 11.8 Å². The number of pyridine rings is 1. The van der Waals surface area contributed by atoms with E-state index in [1.165, 1.54) is 6.26 Å². The average Bonchev–Trinajstić information content (AvgIpc) is 2.99. The summed E-state index contributed by atoms with van der Waals surface area (Å²) in [4.78, 5) is 8.22. The van der Waals surface area contributed by atoms with E-state index in [9.17, 15) is 8.42 Å². The van der Waals surface area contributed by atoms with E-state index < -0.39 is 9.84 Å². The summed E-state index contributed by atoms with van der Waals surface area (Å²) in [5.41, 5.74) is 6.45. The van der Waals surface area contributed by atoms with Gasteiger partial charge in [0.25, 0.3) is 0 Å². The summed E-state index contributed by atoms with van der Waals surface area (Å²) < 4.78 is 23.2. The molecule has 4 nitrogen and oxygen atoms in total. The Morgan fingerprint density at radius 3 is 2.04 bits per heavy atom. The van der Waals surface area contributed by atoms with Crippen molar-refractivity contribution in [3.05, 3.63) is 71.4 Å².